The van der Waals surface area contributed by atoms with E-state index in [1.54, 1.807) is 0 Å². The van der Waals surface area contributed by atoms with Crippen LogP contribution in [0.4, 0.5) is 0 Å². The Hall–Kier alpha value is -0.570. The Bertz CT molecular complexity index is 733. The lowest BCUT2D eigenvalue weighted by Gasteiger charge is -2.69. The molecule has 0 heterocycles. The molecule has 0 bridgehead atoms. The SMILES string of the molecule is CCC(=O)NC12CCCC1C1CCC3C(C)(CCC4C(C)(C)C(O)CCC43C)C1CC2. The van der Waals surface area contributed by atoms with Crippen molar-refractivity contribution >= 4 is 5.91 Å². The third-order valence-corrected chi connectivity index (χ3v) is 12.2. The molecule has 5 fully saturated rings. The molecule has 0 aromatic heterocycles. The fourth-order valence-corrected chi connectivity index (χ4v) is 10.8. The largest absolute Gasteiger partial charge is 0.393 e. The number of fused-ring (bicyclic) bond motifs is 7. The number of rotatable bonds is 2. The summed E-state index contributed by atoms with van der Waals surface area (Å²) >= 11 is 0. The predicted molar refractivity (Wildman–Crippen MR) is 125 cm³/mol. The number of aliphatic hydroxyl groups excluding tert-OH is 1. The Labute approximate surface area is 190 Å². The van der Waals surface area contributed by atoms with Crippen molar-refractivity contribution in [1.82, 2.24) is 5.32 Å². The monoisotopic (exact) mass is 429 g/mol. The highest BCUT2D eigenvalue weighted by Gasteiger charge is 2.66. The maximum absolute atomic E-state index is 12.4. The van der Waals surface area contributed by atoms with Crippen LogP contribution in [0.5, 0.6) is 0 Å². The molecule has 0 aromatic rings. The summed E-state index contributed by atoms with van der Waals surface area (Å²) in [5, 5.41) is 14.4. The molecule has 3 nitrogen and oxygen atoms in total. The third-order valence-electron chi connectivity index (χ3n) is 12.2. The van der Waals surface area contributed by atoms with Gasteiger partial charge in [0.15, 0.2) is 0 Å². The van der Waals surface area contributed by atoms with E-state index in [-0.39, 0.29) is 23.0 Å². The molecule has 9 unspecified atom stereocenters. The molecule has 2 N–H and O–H groups in total. The number of amides is 1. The normalized spacial score (nSPS) is 53.0. The van der Waals surface area contributed by atoms with E-state index in [0.29, 0.717) is 29.1 Å². The smallest absolute Gasteiger partial charge is 0.220 e. The fraction of sp³-hybridized carbons (Fsp3) is 0.964. The molecule has 5 aliphatic carbocycles. The van der Waals surface area contributed by atoms with Crippen LogP contribution in [0.1, 0.15) is 112 Å². The molecule has 5 rings (SSSR count). The highest BCUT2D eigenvalue weighted by Crippen LogP contribution is 2.72. The zero-order valence-electron chi connectivity index (χ0n) is 20.8. The molecule has 5 aliphatic rings. The summed E-state index contributed by atoms with van der Waals surface area (Å²) in [4.78, 5) is 12.4. The second-order valence-electron chi connectivity index (χ2n) is 13.5. The van der Waals surface area contributed by atoms with E-state index < -0.39 is 0 Å². The van der Waals surface area contributed by atoms with Crippen LogP contribution in [0, 0.1) is 45.8 Å². The molecule has 5 saturated carbocycles. The van der Waals surface area contributed by atoms with Crippen molar-refractivity contribution in [2.45, 2.75) is 123 Å². The van der Waals surface area contributed by atoms with Gasteiger partial charge in [0, 0.05) is 12.0 Å². The van der Waals surface area contributed by atoms with Crippen molar-refractivity contribution in [2.75, 3.05) is 0 Å². The van der Waals surface area contributed by atoms with Gasteiger partial charge in [0.25, 0.3) is 0 Å². The highest BCUT2D eigenvalue weighted by atomic mass is 16.3. The van der Waals surface area contributed by atoms with E-state index in [2.05, 4.69) is 33.0 Å². The van der Waals surface area contributed by atoms with Gasteiger partial charge < -0.3 is 10.4 Å². The Morgan fingerprint density at radius 3 is 2.32 bits per heavy atom. The molecule has 9 atom stereocenters. The fourth-order valence-electron chi connectivity index (χ4n) is 10.8. The summed E-state index contributed by atoms with van der Waals surface area (Å²) in [7, 11) is 0. The standard InChI is InChI=1S/C28H47NO2/c1-6-24(31)29-28-14-7-8-20(28)18-9-10-22-26(4,19(18)11-17-28)15-12-21-25(2,3)23(30)13-16-27(21,22)5/h18-23,30H,6-17H2,1-5H3,(H,29,31). The van der Waals surface area contributed by atoms with Crippen molar-refractivity contribution in [3.63, 3.8) is 0 Å². The first-order chi connectivity index (χ1) is 14.6. The molecule has 31 heavy (non-hydrogen) atoms. The number of carbonyl (C=O) groups excluding carboxylic acids is 1. The number of carbonyl (C=O) groups is 1. The van der Waals surface area contributed by atoms with Crippen LogP contribution >= 0.6 is 0 Å². The van der Waals surface area contributed by atoms with Gasteiger partial charge in [-0.25, -0.2) is 0 Å². The van der Waals surface area contributed by atoms with Crippen LogP contribution in [-0.2, 0) is 4.79 Å². The second kappa shape index (κ2) is 7.21. The molecule has 0 radical (unpaired) electrons. The van der Waals surface area contributed by atoms with Gasteiger partial charge in [-0.1, -0.05) is 41.0 Å². The maximum atomic E-state index is 12.4. The summed E-state index contributed by atoms with van der Waals surface area (Å²) in [6.07, 6.45) is 14.4. The molecule has 3 heteroatoms. The topological polar surface area (TPSA) is 49.3 Å². The van der Waals surface area contributed by atoms with Crippen molar-refractivity contribution < 1.29 is 9.90 Å². The Morgan fingerprint density at radius 1 is 0.839 bits per heavy atom. The van der Waals surface area contributed by atoms with Gasteiger partial charge >= 0.3 is 0 Å². The summed E-state index contributed by atoms with van der Waals surface area (Å²) < 4.78 is 0. The van der Waals surface area contributed by atoms with Crippen LogP contribution in [0.15, 0.2) is 0 Å². The first-order valence-electron chi connectivity index (χ1n) is 13.6. The van der Waals surface area contributed by atoms with Crippen LogP contribution < -0.4 is 5.32 Å². The molecule has 0 saturated heterocycles. The molecule has 176 valence electrons. The first kappa shape index (κ1) is 22.2. The minimum absolute atomic E-state index is 0.0444. The molecular weight excluding hydrogens is 382 g/mol. The number of hydrogen-bond acceptors (Lipinski definition) is 2. The lowest BCUT2D eigenvalue weighted by molar-refractivity contribution is -0.211. The Morgan fingerprint density at radius 2 is 1.58 bits per heavy atom. The number of aliphatic hydroxyl groups is 1. The lowest BCUT2D eigenvalue weighted by atomic mass is 9.36. The van der Waals surface area contributed by atoms with Gasteiger partial charge in [-0.05, 0) is 110 Å². The van der Waals surface area contributed by atoms with Gasteiger partial charge in [0.05, 0.1) is 6.10 Å². The quantitative estimate of drug-likeness (QED) is 0.558. The maximum Gasteiger partial charge on any atom is 0.220 e. The van der Waals surface area contributed by atoms with Crippen molar-refractivity contribution in [2.24, 2.45) is 45.8 Å². The molecule has 0 aliphatic heterocycles. The number of nitrogens with one attached hydrogen (secondary N) is 1. The first-order valence-corrected chi connectivity index (χ1v) is 13.6. The third kappa shape index (κ3) is 2.96. The summed E-state index contributed by atoms with van der Waals surface area (Å²) in [5.41, 5.74) is 0.968. The van der Waals surface area contributed by atoms with E-state index >= 15 is 0 Å². The zero-order valence-corrected chi connectivity index (χ0v) is 20.8. The van der Waals surface area contributed by atoms with Crippen LogP contribution in [-0.4, -0.2) is 22.7 Å². The molecule has 1 amide bonds. The minimum Gasteiger partial charge on any atom is -0.393 e. The van der Waals surface area contributed by atoms with Gasteiger partial charge in [-0.2, -0.15) is 0 Å². The number of hydrogen-bond donors (Lipinski definition) is 2. The zero-order chi connectivity index (χ0) is 22.2. The molecule has 0 spiro atoms. The summed E-state index contributed by atoms with van der Waals surface area (Å²) in [6, 6.07) is 0. The summed E-state index contributed by atoms with van der Waals surface area (Å²) in [6.45, 7) is 12.0. The van der Waals surface area contributed by atoms with E-state index in [4.69, 9.17) is 0 Å². The Balaban J connectivity index is 1.44. The van der Waals surface area contributed by atoms with Gasteiger partial charge in [-0.3, -0.25) is 4.79 Å². The highest BCUT2D eigenvalue weighted by molar-refractivity contribution is 5.76. The summed E-state index contributed by atoms with van der Waals surface area (Å²) in [5.74, 6) is 4.05. The van der Waals surface area contributed by atoms with Gasteiger partial charge in [0.2, 0.25) is 5.91 Å². The van der Waals surface area contributed by atoms with Crippen molar-refractivity contribution in [1.29, 1.82) is 0 Å². The average molecular weight is 430 g/mol. The van der Waals surface area contributed by atoms with E-state index in [0.717, 1.165) is 24.2 Å². The van der Waals surface area contributed by atoms with Gasteiger partial charge in [-0.15, -0.1) is 0 Å². The van der Waals surface area contributed by atoms with Crippen molar-refractivity contribution in [3.8, 4) is 0 Å². The van der Waals surface area contributed by atoms with Crippen LogP contribution in [0.2, 0.25) is 0 Å². The molecule has 0 aromatic carbocycles. The van der Waals surface area contributed by atoms with Crippen molar-refractivity contribution in [3.05, 3.63) is 0 Å². The average Bonchev–Trinajstić information content (AvgIpc) is 3.14. The van der Waals surface area contributed by atoms with E-state index in [1.807, 2.05) is 6.92 Å². The predicted octanol–water partition coefficient (Wildman–Crippen LogP) is 6.09. The second-order valence-corrected chi connectivity index (χ2v) is 13.5. The Kier molecular flexibility index (Phi) is 5.17. The van der Waals surface area contributed by atoms with Crippen LogP contribution in [0.3, 0.4) is 0 Å². The lowest BCUT2D eigenvalue weighted by Crippen LogP contribution is -2.65. The van der Waals surface area contributed by atoms with Gasteiger partial charge in [0.1, 0.15) is 0 Å². The molecular formula is C28H47NO2. The van der Waals surface area contributed by atoms with Crippen LogP contribution in [0.25, 0.3) is 0 Å². The van der Waals surface area contributed by atoms with E-state index in [9.17, 15) is 9.90 Å². The van der Waals surface area contributed by atoms with E-state index in [1.165, 1.54) is 64.2 Å². The minimum atomic E-state index is -0.137.